The van der Waals surface area contributed by atoms with Gasteiger partial charge in [0.05, 0.1) is 13.2 Å². The molecule has 0 radical (unpaired) electrons. The van der Waals surface area contributed by atoms with E-state index in [0.717, 1.165) is 0 Å². The molecule has 0 amide bonds. The van der Waals surface area contributed by atoms with Gasteiger partial charge in [-0.3, -0.25) is 0 Å². The van der Waals surface area contributed by atoms with E-state index in [-0.39, 0.29) is 44.2 Å². The molecule has 0 aromatic carbocycles. The van der Waals surface area contributed by atoms with E-state index < -0.39 is 7.32 Å². The van der Waals surface area contributed by atoms with Crippen LogP contribution in [0.5, 0.6) is 0 Å². The molecular formula is C2H8BNaO4. The Morgan fingerprint density at radius 2 is 2.00 bits per heavy atom. The van der Waals surface area contributed by atoms with Crippen LogP contribution in [0.15, 0.2) is 0 Å². The van der Waals surface area contributed by atoms with E-state index in [4.69, 9.17) is 15.2 Å². The Kier molecular flexibility index (Phi) is 11.5. The largest absolute Gasteiger partial charge is 1.00 e. The molecule has 0 aliphatic carbocycles. The van der Waals surface area contributed by atoms with Gasteiger partial charge in [-0.2, -0.15) is 0 Å². The fourth-order valence-electron chi connectivity index (χ4n) is 0.158. The topological polar surface area (TPSA) is 69.9 Å². The summed E-state index contributed by atoms with van der Waals surface area (Å²) in [5.41, 5.74) is 0. The SMILES string of the molecule is OCCOB(O)O.[H-].[Na+]. The summed E-state index contributed by atoms with van der Waals surface area (Å²) in [6, 6.07) is 0. The van der Waals surface area contributed by atoms with Gasteiger partial charge in [-0.15, -0.1) is 0 Å². The van der Waals surface area contributed by atoms with Crippen molar-refractivity contribution >= 4 is 7.32 Å². The van der Waals surface area contributed by atoms with Crippen LogP contribution in [0.3, 0.4) is 0 Å². The second-order valence-corrected chi connectivity index (χ2v) is 0.921. The van der Waals surface area contributed by atoms with E-state index in [9.17, 15) is 0 Å². The van der Waals surface area contributed by atoms with Crippen LogP contribution in [-0.4, -0.2) is 35.7 Å². The molecule has 3 N–H and O–H groups in total. The van der Waals surface area contributed by atoms with Crippen LogP contribution in [0.4, 0.5) is 0 Å². The van der Waals surface area contributed by atoms with Crippen molar-refractivity contribution in [2.24, 2.45) is 0 Å². The zero-order chi connectivity index (χ0) is 5.70. The van der Waals surface area contributed by atoms with Crippen LogP contribution in [0.1, 0.15) is 1.43 Å². The molecule has 8 heavy (non-hydrogen) atoms. The van der Waals surface area contributed by atoms with Gasteiger partial charge < -0.3 is 21.2 Å². The van der Waals surface area contributed by atoms with Crippen molar-refractivity contribution in [3.05, 3.63) is 0 Å². The molecule has 44 valence electrons. The molecule has 0 atom stereocenters. The van der Waals surface area contributed by atoms with Crippen molar-refractivity contribution in [1.29, 1.82) is 0 Å². The van der Waals surface area contributed by atoms with Gasteiger partial charge in [-0.1, -0.05) is 0 Å². The predicted molar refractivity (Wildman–Crippen MR) is 24.3 cm³/mol. The molecule has 4 nitrogen and oxygen atoms in total. The van der Waals surface area contributed by atoms with Gasteiger partial charge >= 0.3 is 36.9 Å². The zero-order valence-corrected chi connectivity index (χ0v) is 6.74. The molecule has 0 saturated heterocycles. The molecule has 0 aliphatic rings. The minimum atomic E-state index is -1.76. The van der Waals surface area contributed by atoms with Crippen molar-refractivity contribution in [3.63, 3.8) is 0 Å². The van der Waals surface area contributed by atoms with Crippen LogP contribution in [0, 0.1) is 0 Å². The standard InChI is InChI=1S/C2H7BO4.Na.H/c4-1-2-7-3(5)6;;/h4-6H,1-2H2;;/q;+1;-1. The molecule has 0 saturated carbocycles. The fourth-order valence-corrected chi connectivity index (χ4v) is 0.158. The maximum absolute atomic E-state index is 7.97. The number of hydrogen-bond donors (Lipinski definition) is 3. The van der Waals surface area contributed by atoms with Gasteiger partial charge in [-0.25, -0.2) is 0 Å². The van der Waals surface area contributed by atoms with Gasteiger partial charge in [0.25, 0.3) is 0 Å². The smallest absolute Gasteiger partial charge is 1.00 e. The summed E-state index contributed by atoms with van der Waals surface area (Å²) >= 11 is 0. The second kappa shape index (κ2) is 7.90. The number of hydrogen-bond acceptors (Lipinski definition) is 4. The first-order valence-corrected chi connectivity index (χ1v) is 1.86. The zero-order valence-electron chi connectivity index (χ0n) is 5.74. The summed E-state index contributed by atoms with van der Waals surface area (Å²) in [5, 5.41) is 23.8. The van der Waals surface area contributed by atoms with Gasteiger partial charge in [-0.05, 0) is 0 Å². The molecular weight excluding hydrogens is 122 g/mol. The van der Waals surface area contributed by atoms with Gasteiger partial charge in [0.15, 0.2) is 0 Å². The predicted octanol–water partition coefficient (Wildman–Crippen LogP) is -4.92. The van der Waals surface area contributed by atoms with Crippen LogP contribution < -0.4 is 29.6 Å². The maximum Gasteiger partial charge on any atom is 1.00 e. The van der Waals surface area contributed by atoms with Crippen molar-refractivity contribution in [3.8, 4) is 0 Å². The van der Waals surface area contributed by atoms with Crippen molar-refractivity contribution in [2.45, 2.75) is 0 Å². The third-order valence-electron chi connectivity index (χ3n) is 0.358. The average Bonchev–Trinajstić information content (AvgIpc) is 1.61. The van der Waals surface area contributed by atoms with E-state index >= 15 is 0 Å². The van der Waals surface area contributed by atoms with Gasteiger partial charge in [0.1, 0.15) is 0 Å². The Bertz CT molecular complexity index is 47.5. The van der Waals surface area contributed by atoms with Crippen LogP contribution in [0.25, 0.3) is 0 Å². The molecule has 0 unspecified atom stereocenters. The number of aliphatic hydroxyl groups excluding tert-OH is 1. The molecule has 0 aliphatic heterocycles. The van der Waals surface area contributed by atoms with Gasteiger partial charge in [0, 0.05) is 0 Å². The molecule has 0 rings (SSSR count). The summed E-state index contributed by atoms with van der Waals surface area (Å²) < 4.78 is 4.05. The van der Waals surface area contributed by atoms with Crippen molar-refractivity contribution in [1.82, 2.24) is 0 Å². The van der Waals surface area contributed by atoms with E-state index in [0.29, 0.717) is 0 Å². The molecule has 0 spiro atoms. The van der Waals surface area contributed by atoms with E-state index in [1.54, 1.807) is 0 Å². The van der Waals surface area contributed by atoms with Crippen LogP contribution in [-0.2, 0) is 4.65 Å². The van der Waals surface area contributed by atoms with E-state index in [1.807, 2.05) is 0 Å². The number of rotatable bonds is 3. The summed E-state index contributed by atoms with van der Waals surface area (Å²) in [6.07, 6.45) is 0. The van der Waals surface area contributed by atoms with Crippen LogP contribution >= 0.6 is 0 Å². The summed E-state index contributed by atoms with van der Waals surface area (Å²) in [4.78, 5) is 0. The van der Waals surface area contributed by atoms with E-state index in [1.165, 1.54) is 0 Å². The summed E-state index contributed by atoms with van der Waals surface area (Å²) in [7, 11) is -1.76. The first-order chi connectivity index (χ1) is 3.27. The Balaban J connectivity index is -0.000000180. The van der Waals surface area contributed by atoms with Crippen molar-refractivity contribution in [2.75, 3.05) is 13.2 Å². The minimum Gasteiger partial charge on any atom is -1.00 e. The summed E-state index contributed by atoms with van der Waals surface area (Å²) in [6.45, 7) is -0.241. The molecule has 0 aromatic rings. The Morgan fingerprint density at radius 1 is 1.50 bits per heavy atom. The Hall–Kier alpha value is 0.905. The first-order valence-electron chi connectivity index (χ1n) is 1.86. The fraction of sp³-hybridized carbons (Fsp3) is 1.00. The molecule has 0 heterocycles. The molecule has 0 bridgehead atoms. The maximum atomic E-state index is 7.97. The van der Waals surface area contributed by atoms with E-state index in [2.05, 4.69) is 4.65 Å². The quantitative estimate of drug-likeness (QED) is 0.335. The monoisotopic (exact) mass is 130 g/mol. The minimum absolute atomic E-state index is 0. The normalized spacial score (nSPS) is 7.88. The number of aliphatic hydroxyl groups is 1. The van der Waals surface area contributed by atoms with Crippen molar-refractivity contribution < 1.29 is 50.8 Å². The molecule has 0 fully saturated rings. The third-order valence-corrected chi connectivity index (χ3v) is 0.358. The Labute approximate surface area is 71.4 Å². The first kappa shape index (κ1) is 11.7. The average molecular weight is 130 g/mol. The van der Waals surface area contributed by atoms with Crippen LogP contribution in [0.2, 0.25) is 0 Å². The summed E-state index contributed by atoms with van der Waals surface area (Å²) in [5.74, 6) is 0. The molecule has 0 aromatic heterocycles. The Morgan fingerprint density at radius 3 is 2.12 bits per heavy atom. The third kappa shape index (κ3) is 10.0. The van der Waals surface area contributed by atoms with Gasteiger partial charge in [0.2, 0.25) is 0 Å². The second-order valence-electron chi connectivity index (χ2n) is 0.921. The molecule has 6 heteroatoms.